The zero-order valence-corrected chi connectivity index (χ0v) is 20.8. The van der Waals surface area contributed by atoms with Crippen molar-refractivity contribution in [1.29, 1.82) is 0 Å². The monoisotopic (exact) mass is 469 g/mol. The van der Waals surface area contributed by atoms with Crippen LogP contribution < -0.4 is 14.8 Å². The maximum absolute atomic E-state index is 13.4. The number of hydrogen-bond acceptors (Lipinski definition) is 6. The Hall–Kier alpha value is -3.10. The molecular formula is C26H35N3O5. The lowest BCUT2D eigenvalue weighted by molar-refractivity contribution is 0.0150. The van der Waals surface area contributed by atoms with Crippen LogP contribution in [0.2, 0.25) is 0 Å². The van der Waals surface area contributed by atoms with E-state index in [2.05, 4.69) is 31.1 Å². The highest BCUT2D eigenvalue weighted by Gasteiger charge is 2.27. The Morgan fingerprint density at radius 3 is 2.56 bits per heavy atom. The van der Waals surface area contributed by atoms with E-state index in [4.69, 9.17) is 14.2 Å². The molecule has 184 valence electrons. The van der Waals surface area contributed by atoms with Crippen LogP contribution in [0.3, 0.4) is 0 Å². The van der Waals surface area contributed by atoms with Crippen LogP contribution in [0.25, 0.3) is 0 Å². The van der Waals surface area contributed by atoms with E-state index in [1.54, 1.807) is 68.6 Å². The van der Waals surface area contributed by atoms with Crippen molar-refractivity contribution in [1.82, 2.24) is 9.80 Å². The molecule has 0 saturated heterocycles. The van der Waals surface area contributed by atoms with Gasteiger partial charge in [0.25, 0.3) is 11.8 Å². The summed E-state index contributed by atoms with van der Waals surface area (Å²) in [6, 6.07) is 12.2. The zero-order valence-electron chi connectivity index (χ0n) is 20.8. The number of anilines is 1. The summed E-state index contributed by atoms with van der Waals surface area (Å²) in [5, 5.41) is 2.87. The molecule has 0 unspecified atom stereocenters. The fraction of sp³-hybridized carbons (Fsp3) is 0.462. The fourth-order valence-electron chi connectivity index (χ4n) is 4.00. The second kappa shape index (κ2) is 11.4. The summed E-state index contributed by atoms with van der Waals surface area (Å²) >= 11 is 0. The minimum absolute atomic E-state index is 0.108. The van der Waals surface area contributed by atoms with Crippen molar-refractivity contribution in [3.8, 4) is 11.5 Å². The molecule has 8 heteroatoms. The number of benzene rings is 2. The first-order valence-electron chi connectivity index (χ1n) is 11.4. The largest absolute Gasteiger partial charge is 0.497 e. The Morgan fingerprint density at radius 1 is 1.09 bits per heavy atom. The molecule has 3 atom stereocenters. The number of rotatable bonds is 4. The van der Waals surface area contributed by atoms with Crippen LogP contribution in [0.1, 0.15) is 34.6 Å². The van der Waals surface area contributed by atoms with E-state index in [0.717, 1.165) is 6.54 Å². The maximum atomic E-state index is 13.4. The molecule has 0 aliphatic carbocycles. The number of methoxy groups -OCH3 is 2. The Morgan fingerprint density at radius 2 is 1.85 bits per heavy atom. The SMILES string of the molecule is COc1cccc(C(=O)Nc2ccc3c(c2)C(=O)N(C)C[C@@H](OC)[C@H](C)CN(C)[C@@H](C)CO3)c1. The number of amides is 2. The highest BCUT2D eigenvalue weighted by molar-refractivity contribution is 6.05. The summed E-state index contributed by atoms with van der Waals surface area (Å²) in [6.07, 6.45) is -0.108. The normalized spacial score (nSPS) is 22.1. The lowest BCUT2D eigenvalue weighted by Crippen LogP contribution is -2.45. The standard InChI is InChI=1S/C26H35N3O5/c1-17-14-28(3)18(2)16-34-23-11-10-20(13-22(23)26(31)29(4)15-24(17)33-6)27-25(30)19-8-7-9-21(12-19)32-5/h7-13,17-18,24H,14-16H2,1-6H3,(H,27,30)/t17-,18+,24-/m1/s1. The number of carbonyl (C=O) groups excluding carboxylic acids is 2. The molecule has 1 heterocycles. The molecule has 3 rings (SSSR count). The highest BCUT2D eigenvalue weighted by atomic mass is 16.5. The molecule has 1 aliphatic rings. The number of nitrogens with one attached hydrogen (secondary N) is 1. The van der Waals surface area contributed by atoms with Crippen LogP contribution in [-0.2, 0) is 4.74 Å². The van der Waals surface area contributed by atoms with E-state index >= 15 is 0 Å². The lowest BCUT2D eigenvalue weighted by atomic mass is 10.0. The third-order valence-corrected chi connectivity index (χ3v) is 6.35. The number of fused-ring (bicyclic) bond motifs is 1. The predicted molar refractivity (Wildman–Crippen MR) is 132 cm³/mol. The Labute approximate surface area is 201 Å². The maximum Gasteiger partial charge on any atom is 0.257 e. The summed E-state index contributed by atoms with van der Waals surface area (Å²) in [5.74, 6) is 0.816. The van der Waals surface area contributed by atoms with E-state index in [0.29, 0.717) is 41.5 Å². The molecule has 8 nitrogen and oxygen atoms in total. The van der Waals surface area contributed by atoms with Gasteiger partial charge >= 0.3 is 0 Å². The first-order chi connectivity index (χ1) is 16.2. The van der Waals surface area contributed by atoms with Crippen molar-refractivity contribution in [2.75, 3.05) is 53.3 Å². The number of ether oxygens (including phenoxy) is 3. The van der Waals surface area contributed by atoms with Gasteiger partial charge in [0.1, 0.15) is 18.1 Å². The van der Waals surface area contributed by atoms with Crippen LogP contribution in [-0.4, -0.2) is 81.8 Å². The van der Waals surface area contributed by atoms with Gasteiger partial charge in [-0.25, -0.2) is 0 Å². The predicted octanol–water partition coefficient (Wildman–Crippen LogP) is 3.38. The molecule has 34 heavy (non-hydrogen) atoms. The first-order valence-corrected chi connectivity index (χ1v) is 11.4. The summed E-state index contributed by atoms with van der Waals surface area (Å²) in [6.45, 7) is 5.92. The summed E-state index contributed by atoms with van der Waals surface area (Å²) in [4.78, 5) is 30.1. The summed E-state index contributed by atoms with van der Waals surface area (Å²) < 4.78 is 17.0. The van der Waals surface area contributed by atoms with Gasteiger partial charge < -0.3 is 24.4 Å². The van der Waals surface area contributed by atoms with Gasteiger partial charge in [-0.05, 0) is 56.3 Å². The number of carbonyl (C=O) groups is 2. The van der Waals surface area contributed by atoms with Crippen molar-refractivity contribution >= 4 is 17.5 Å². The summed E-state index contributed by atoms with van der Waals surface area (Å²) in [5.41, 5.74) is 1.36. The van der Waals surface area contributed by atoms with E-state index < -0.39 is 0 Å². The first kappa shape index (κ1) is 25.5. The Kier molecular flexibility index (Phi) is 8.52. The third-order valence-electron chi connectivity index (χ3n) is 6.35. The molecule has 2 aromatic carbocycles. The molecule has 0 saturated carbocycles. The molecule has 1 aliphatic heterocycles. The highest BCUT2D eigenvalue weighted by Crippen LogP contribution is 2.27. The van der Waals surface area contributed by atoms with Crippen molar-refractivity contribution in [2.24, 2.45) is 5.92 Å². The fourth-order valence-corrected chi connectivity index (χ4v) is 4.00. The number of likely N-dealkylation sites (N-methyl/N-ethyl adjacent to an activating group) is 2. The Balaban J connectivity index is 1.90. The average Bonchev–Trinajstić information content (AvgIpc) is 2.84. The minimum atomic E-state index is -0.294. The van der Waals surface area contributed by atoms with Gasteiger partial charge in [-0.15, -0.1) is 0 Å². The summed E-state index contributed by atoms with van der Waals surface area (Å²) in [7, 11) is 7.05. The molecule has 0 aromatic heterocycles. The molecule has 0 fully saturated rings. The minimum Gasteiger partial charge on any atom is -0.497 e. The molecule has 0 bridgehead atoms. The molecule has 0 radical (unpaired) electrons. The third kappa shape index (κ3) is 6.07. The van der Waals surface area contributed by atoms with E-state index in [-0.39, 0.29) is 29.9 Å². The van der Waals surface area contributed by atoms with Crippen LogP contribution >= 0.6 is 0 Å². The zero-order chi connectivity index (χ0) is 24.8. The van der Waals surface area contributed by atoms with Gasteiger partial charge in [0.15, 0.2) is 0 Å². The van der Waals surface area contributed by atoms with E-state index in [1.165, 1.54) is 0 Å². The number of nitrogens with zero attached hydrogens (tertiary/aromatic N) is 2. The second-order valence-electron chi connectivity index (χ2n) is 8.93. The van der Waals surface area contributed by atoms with Crippen LogP contribution in [0.5, 0.6) is 11.5 Å². The van der Waals surface area contributed by atoms with Crippen molar-refractivity contribution in [2.45, 2.75) is 26.0 Å². The van der Waals surface area contributed by atoms with E-state index in [1.807, 2.05) is 0 Å². The Bertz CT molecular complexity index is 1010. The van der Waals surface area contributed by atoms with E-state index in [9.17, 15) is 9.59 Å². The number of hydrogen-bond donors (Lipinski definition) is 1. The van der Waals surface area contributed by atoms with Gasteiger partial charge in [0, 0.05) is 44.5 Å². The lowest BCUT2D eigenvalue weighted by Gasteiger charge is -2.34. The molecule has 2 aromatic rings. The van der Waals surface area contributed by atoms with Gasteiger partial charge in [-0.1, -0.05) is 13.0 Å². The molecule has 1 N–H and O–H groups in total. The van der Waals surface area contributed by atoms with Crippen molar-refractivity contribution in [3.05, 3.63) is 53.6 Å². The smallest absolute Gasteiger partial charge is 0.257 e. The van der Waals surface area contributed by atoms with Gasteiger partial charge in [0.2, 0.25) is 0 Å². The second-order valence-corrected chi connectivity index (χ2v) is 8.93. The average molecular weight is 470 g/mol. The van der Waals surface area contributed by atoms with Gasteiger partial charge in [-0.3, -0.25) is 14.5 Å². The van der Waals surface area contributed by atoms with Crippen molar-refractivity contribution < 1.29 is 23.8 Å². The molecule has 2 amide bonds. The van der Waals surface area contributed by atoms with Crippen LogP contribution in [0.15, 0.2) is 42.5 Å². The van der Waals surface area contributed by atoms with Gasteiger partial charge in [-0.2, -0.15) is 0 Å². The quantitative estimate of drug-likeness (QED) is 0.740. The van der Waals surface area contributed by atoms with Crippen LogP contribution in [0, 0.1) is 5.92 Å². The topological polar surface area (TPSA) is 80.3 Å². The van der Waals surface area contributed by atoms with Crippen LogP contribution in [0.4, 0.5) is 5.69 Å². The van der Waals surface area contributed by atoms with Gasteiger partial charge in [0.05, 0.1) is 18.8 Å². The van der Waals surface area contributed by atoms with Crippen molar-refractivity contribution in [3.63, 3.8) is 0 Å². The molecular weight excluding hydrogens is 434 g/mol. The molecule has 0 spiro atoms.